The molecule has 0 aliphatic rings. The number of hydrogen-bond acceptors (Lipinski definition) is 3. The lowest BCUT2D eigenvalue weighted by molar-refractivity contribution is 0.370. The third-order valence-corrected chi connectivity index (χ3v) is 3.13. The van der Waals surface area contributed by atoms with Gasteiger partial charge in [-0.25, -0.2) is 4.99 Å². The first-order valence-electron chi connectivity index (χ1n) is 7.59. The number of rotatable bonds is 8. The van der Waals surface area contributed by atoms with E-state index in [0.717, 1.165) is 31.0 Å². The zero-order valence-corrected chi connectivity index (χ0v) is 16.0. The fourth-order valence-electron chi connectivity index (χ4n) is 1.95. The molecular weight excluding hydrogens is 393 g/mol. The average Bonchev–Trinajstić information content (AvgIpc) is 2.50. The predicted octanol–water partition coefficient (Wildman–Crippen LogP) is 3.26. The summed E-state index contributed by atoms with van der Waals surface area (Å²) < 4.78 is 5.10. The summed E-state index contributed by atoms with van der Waals surface area (Å²) in [5, 5.41) is 16.5. The molecule has 6 heteroatoms. The minimum Gasteiger partial charge on any atom is -0.504 e. The van der Waals surface area contributed by atoms with E-state index in [4.69, 9.17) is 4.74 Å². The average molecular weight is 421 g/mol. The number of phenols is 1. The Balaban J connectivity index is 0.00000441. The Morgan fingerprint density at radius 3 is 2.64 bits per heavy atom. The van der Waals surface area contributed by atoms with Crippen LogP contribution in [0, 0.1) is 0 Å². The normalized spacial score (nSPS) is 10.8. The van der Waals surface area contributed by atoms with Crippen LogP contribution >= 0.6 is 24.0 Å². The van der Waals surface area contributed by atoms with Gasteiger partial charge in [-0.2, -0.15) is 0 Å². The highest BCUT2D eigenvalue weighted by molar-refractivity contribution is 14.0. The standard InChI is InChI=1S/C16H27N3O2.HI/c1-4-6-7-11-18-16(17-5-2)19-12-13-9-8-10-14(21-3)15(13)20;/h8-10,20H,4-7,11-12H2,1-3H3,(H2,17,18,19);1H. The van der Waals surface area contributed by atoms with E-state index in [0.29, 0.717) is 12.3 Å². The van der Waals surface area contributed by atoms with Crippen molar-refractivity contribution in [3.05, 3.63) is 23.8 Å². The Kier molecular flexibility index (Phi) is 11.7. The summed E-state index contributed by atoms with van der Waals surface area (Å²) in [5.74, 6) is 1.41. The highest BCUT2D eigenvalue weighted by Crippen LogP contribution is 2.29. The Bertz CT molecular complexity index is 453. The number of nitrogens with one attached hydrogen (secondary N) is 2. The molecule has 3 N–H and O–H groups in total. The van der Waals surface area contributed by atoms with Crippen molar-refractivity contribution in [2.75, 3.05) is 20.2 Å². The summed E-state index contributed by atoms with van der Waals surface area (Å²) in [5.41, 5.74) is 0.750. The van der Waals surface area contributed by atoms with E-state index in [1.165, 1.54) is 12.8 Å². The summed E-state index contributed by atoms with van der Waals surface area (Å²) in [6.07, 6.45) is 3.54. The van der Waals surface area contributed by atoms with Crippen LogP contribution < -0.4 is 15.4 Å². The Labute approximate surface area is 150 Å². The number of methoxy groups -OCH3 is 1. The van der Waals surface area contributed by atoms with Gasteiger partial charge in [0, 0.05) is 18.7 Å². The topological polar surface area (TPSA) is 65.9 Å². The summed E-state index contributed by atoms with van der Waals surface area (Å²) in [7, 11) is 1.54. The summed E-state index contributed by atoms with van der Waals surface area (Å²) in [4.78, 5) is 4.50. The van der Waals surface area contributed by atoms with Gasteiger partial charge in [0.25, 0.3) is 0 Å². The van der Waals surface area contributed by atoms with Crippen LogP contribution in [0.15, 0.2) is 23.2 Å². The fraction of sp³-hybridized carbons (Fsp3) is 0.562. The smallest absolute Gasteiger partial charge is 0.191 e. The largest absolute Gasteiger partial charge is 0.504 e. The van der Waals surface area contributed by atoms with Gasteiger partial charge in [-0.1, -0.05) is 31.9 Å². The molecule has 0 saturated carbocycles. The van der Waals surface area contributed by atoms with Crippen LogP contribution in [0.3, 0.4) is 0 Å². The maximum Gasteiger partial charge on any atom is 0.191 e. The number of aliphatic imine (C=N–C) groups is 1. The molecule has 22 heavy (non-hydrogen) atoms. The number of para-hydroxylation sites is 1. The third-order valence-electron chi connectivity index (χ3n) is 3.13. The van der Waals surface area contributed by atoms with Crippen LogP contribution in [-0.2, 0) is 6.54 Å². The van der Waals surface area contributed by atoms with Gasteiger partial charge in [-0.15, -0.1) is 24.0 Å². The molecule has 0 heterocycles. The Hall–Kier alpha value is -1.18. The molecule has 0 spiro atoms. The molecule has 1 rings (SSSR count). The lowest BCUT2D eigenvalue weighted by Gasteiger charge is -2.12. The second-order valence-corrected chi connectivity index (χ2v) is 4.80. The zero-order chi connectivity index (χ0) is 15.5. The van der Waals surface area contributed by atoms with Crippen molar-refractivity contribution in [2.24, 2.45) is 4.99 Å². The Morgan fingerprint density at radius 1 is 1.23 bits per heavy atom. The van der Waals surface area contributed by atoms with Crippen molar-refractivity contribution < 1.29 is 9.84 Å². The van der Waals surface area contributed by atoms with Crippen LogP contribution in [0.4, 0.5) is 0 Å². The lowest BCUT2D eigenvalue weighted by atomic mass is 10.2. The second kappa shape index (κ2) is 12.4. The monoisotopic (exact) mass is 421 g/mol. The van der Waals surface area contributed by atoms with Gasteiger partial charge < -0.3 is 20.5 Å². The van der Waals surface area contributed by atoms with E-state index < -0.39 is 0 Å². The van der Waals surface area contributed by atoms with E-state index in [9.17, 15) is 5.11 Å². The number of halogens is 1. The van der Waals surface area contributed by atoms with Gasteiger partial charge in [0.05, 0.1) is 13.7 Å². The molecule has 0 fully saturated rings. The molecule has 0 atom stereocenters. The van der Waals surface area contributed by atoms with Crippen molar-refractivity contribution in [2.45, 2.75) is 39.7 Å². The molecule has 1 aromatic rings. The number of benzene rings is 1. The van der Waals surface area contributed by atoms with Crippen LogP contribution in [0.1, 0.15) is 38.7 Å². The minimum absolute atomic E-state index is 0. The molecule has 0 amide bonds. The first-order chi connectivity index (χ1) is 10.2. The highest BCUT2D eigenvalue weighted by Gasteiger charge is 2.06. The lowest BCUT2D eigenvalue weighted by Crippen LogP contribution is -2.37. The van der Waals surface area contributed by atoms with Crippen molar-refractivity contribution in [3.63, 3.8) is 0 Å². The quantitative estimate of drug-likeness (QED) is 0.261. The van der Waals surface area contributed by atoms with E-state index in [-0.39, 0.29) is 29.7 Å². The van der Waals surface area contributed by atoms with Gasteiger partial charge in [-0.05, 0) is 19.4 Å². The van der Waals surface area contributed by atoms with Crippen LogP contribution in [0.25, 0.3) is 0 Å². The SMILES string of the molecule is CCCCCNC(=NCc1cccc(OC)c1O)NCC.I. The van der Waals surface area contributed by atoms with Crippen LogP contribution in [-0.4, -0.2) is 31.3 Å². The molecule has 0 bridgehead atoms. The summed E-state index contributed by atoms with van der Waals surface area (Å²) >= 11 is 0. The zero-order valence-electron chi connectivity index (χ0n) is 13.7. The maximum absolute atomic E-state index is 10.0. The van der Waals surface area contributed by atoms with Crippen molar-refractivity contribution in [3.8, 4) is 11.5 Å². The second-order valence-electron chi connectivity index (χ2n) is 4.80. The number of phenolic OH excluding ortho intramolecular Hbond substituents is 1. The van der Waals surface area contributed by atoms with Crippen molar-refractivity contribution in [1.29, 1.82) is 0 Å². The molecule has 1 aromatic carbocycles. The number of nitrogens with zero attached hydrogens (tertiary/aromatic N) is 1. The molecule has 0 saturated heterocycles. The summed E-state index contributed by atoms with van der Waals surface area (Å²) in [6.45, 7) is 6.34. The highest BCUT2D eigenvalue weighted by atomic mass is 127. The van der Waals surface area contributed by atoms with E-state index >= 15 is 0 Å². The van der Waals surface area contributed by atoms with Gasteiger partial charge >= 0.3 is 0 Å². The molecule has 0 aliphatic carbocycles. The van der Waals surface area contributed by atoms with Gasteiger partial charge in [0.15, 0.2) is 17.5 Å². The maximum atomic E-state index is 10.0. The molecule has 126 valence electrons. The van der Waals surface area contributed by atoms with Gasteiger partial charge in [0.2, 0.25) is 0 Å². The van der Waals surface area contributed by atoms with E-state index in [2.05, 4.69) is 22.5 Å². The molecule has 0 radical (unpaired) electrons. The van der Waals surface area contributed by atoms with E-state index in [1.54, 1.807) is 13.2 Å². The fourth-order valence-corrected chi connectivity index (χ4v) is 1.95. The first-order valence-corrected chi connectivity index (χ1v) is 7.59. The molecule has 0 unspecified atom stereocenters. The first kappa shape index (κ1) is 20.8. The molecular formula is C16H28IN3O2. The number of unbranched alkanes of at least 4 members (excludes halogenated alkanes) is 2. The minimum atomic E-state index is 0. The number of guanidine groups is 1. The predicted molar refractivity (Wildman–Crippen MR) is 102 cm³/mol. The van der Waals surface area contributed by atoms with E-state index in [1.807, 2.05) is 19.1 Å². The number of hydrogen-bond donors (Lipinski definition) is 3. The number of ether oxygens (including phenoxy) is 1. The Morgan fingerprint density at radius 2 is 2.00 bits per heavy atom. The van der Waals surface area contributed by atoms with Gasteiger partial charge in [0.1, 0.15) is 0 Å². The number of aromatic hydroxyl groups is 1. The van der Waals surface area contributed by atoms with Crippen molar-refractivity contribution >= 4 is 29.9 Å². The molecule has 0 aromatic heterocycles. The molecule has 0 aliphatic heterocycles. The summed E-state index contributed by atoms with van der Waals surface area (Å²) in [6, 6.07) is 5.43. The van der Waals surface area contributed by atoms with Crippen LogP contribution in [0.2, 0.25) is 0 Å². The third kappa shape index (κ3) is 7.20. The molecule has 5 nitrogen and oxygen atoms in total. The van der Waals surface area contributed by atoms with Crippen molar-refractivity contribution in [1.82, 2.24) is 10.6 Å². The van der Waals surface area contributed by atoms with Gasteiger partial charge in [-0.3, -0.25) is 0 Å². The van der Waals surface area contributed by atoms with Crippen LogP contribution in [0.5, 0.6) is 11.5 Å².